The first-order valence-corrected chi connectivity index (χ1v) is 10.5. The third kappa shape index (κ3) is 4.05. The van der Waals surface area contributed by atoms with E-state index in [0.29, 0.717) is 49.9 Å². The van der Waals surface area contributed by atoms with E-state index >= 15 is 0 Å². The van der Waals surface area contributed by atoms with Gasteiger partial charge in [-0.1, -0.05) is 17.7 Å². The number of carbonyl (C=O) groups is 2. The number of aromatic nitrogens is 3. The smallest absolute Gasteiger partial charge is 0.409 e. The van der Waals surface area contributed by atoms with E-state index in [1.165, 1.54) is 0 Å². The van der Waals surface area contributed by atoms with Crippen LogP contribution in [-0.4, -0.2) is 68.9 Å². The SMILES string of the molecule is CCOC(=O)N1CCN(C(=O)c2c(C)nn(-c3ccc(C)cc3)c2-n2cccc2)CC1. The molecule has 1 aliphatic rings. The number of hydrogen-bond donors (Lipinski definition) is 0. The van der Waals surface area contributed by atoms with Gasteiger partial charge in [-0.2, -0.15) is 5.10 Å². The van der Waals surface area contributed by atoms with Crippen LogP contribution in [-0.2, 0) is 4.74 Å². The quantitative estimate of drug-likeness (QED) is 0.649. The summed E-state index contributed by atoms with van der Waals surface area (Å²) in [5, 5.41) is 4.71. The number of benzene rings is 1. The Balaban J connectivity index is 1.66. The van der Waals surface area contributed by atoms with Crippen LogP contribution in [0, 0.1) is 13.8 Å². The van der Waals surface area contributed by atoms with Crippen LogP contribution in [0.25, 0.3) is 11.5 Å². The molecule has 0 radical (unpaired) electrons. The lowest BCUT2D eigenvalue weighted by Crippen LogP contribution is -2.50. The van der Waals surface area contributed by atoms with Crippen LogP contribution in [0.1, 0.15) is 28.5 Å². The molecule has 1 fully saturated rings. The fraction of sp³-hybridized carbons (Fsp3) is 0.348. The second kappa shape index (κ2) is 8.67. The third-order valence-electron chi connectivity index (χ3n) is 5.47. The van der Waals surface area contributed by atoms with E-state index < -0.39 is 0 Å². The highest BCUT2D eigenvalue weighted by Gasteiger charge is 2.30. The predicted octanol–water partition coefficient (Wildman–Crippen LogP) is 3.19. The molecule has 8 heteroatoms. The fourth-order valence-corrected chi connectivity index (χ4v) is 3.81. The Labute approximate surface area is 181 Å². The molecule has 0 N–H and O–H groups in total. The van der Waals surface area contributed by atoms with E-state index in [9.17, 15) is 9.59 Å². The van der Waals surface area contributed by atoms with Crippen LogP contribution >= 0.6 is 0 Å². The summed E-state index contributed by atoms with van der Waals surface area (Å²) < 4.78 is 8.81. The normalized spacial score (nSPS) is 14.0. The maximum Gasteiger partial charge on any atom is 0.409 e. The van der Waals surface area contributed by atoms with Gasteiger partial charge in [-0.3, -0.25) is 4.79 Å². The number of ether oxygens (including phenoxy) is 1. The molecule has 0 unspecified atom stereocenters. The van der Waals surface area contributed by atoms with Crippen LogP contribution in [0.4, 0.5) is 4.79 Å². The maximum absolute atomic E-state index is 13.6. The molecule has 2 amide bonds. The van der Waals surface area contributed by atoms with Gasteiger partial charge in [0.05, 0.1) is 18.0 Å². The molecule has 0 bridgehead atoms. The minimum atomic E-state index is -0.328. The van der Waals surface area contributed by atoms with Crippen molar-refractivity contribution in [3.8, 4) is 11.5 Å². The molecule has 4 rings (SSSR count). The standard InChI is InChI=1S/C23H27N5O3/c1-4-31-23(30)27-15-13-26(14-16-27)22(29)20-18(3)24-28(19-9-7-17(2)8-10-19)21(20)25-11-5-6-12-25/h5-12H,4,13-16H2,1-3H3. The molecule has 0 spiro atoms. The largest absolute Gasteiger partial charge is 0.450 e. The van der Waals surface area contributed by atoms with Gasteiger partial charge in [0.1, 0.15) is 5.56 Å². The van der Waals surface area contributed by atoms with Gasteiger partial charge in [0.15, 0.2) is 5.82 Å². The second-order valence-corrected chi connectivity index (χ2v) is 7.60. The first-order chi connectivity index (χ1) is 15.0. The fourth-order valence-electron chi connectivity index (χ4n) is 3.81. The number of rotatable bonds is 4. The monoisotopic (exact) mass is 421 g/mol. The van der Waals surface area contributed by atoms with Crippen molar-refractivity contribution < 1.29 is 14.3 Å². The summed E-state index contributed by atoms with van der Waals surface area (Å²) in [7, 11) is 0. The molecule has 0 aliphatic carbocycles. The molecular formula is C23H27N5O3. The Morgan fingerprint density at radius 2 is 1.58 bits per heavy atom. The van der Waals surface area contributed by atoms with E-state index in [4.69, 9.17) is 9.84 Å². The lowest BCUT2D eigenvalue weighted by atomic mass is 10.2. The van der Waals surface area contributed by atoms with Crippen molar-refractivity contribution in [2.75, 3.05) is 32.8 Å². The van der Waals surface area contributed by atoms with Gasteiger partial charge < -0.3 is 19.1 Å². The van der Waals surface area contributed by atoms with Crippen molar-refractivity contribution in [3.05, 3.63) is 65.6 Å². The topological polar surface area (TPSA) is 72.6 Å². The van der Waals surface area contributed by atoms with E-state index in [1.54, 1.807) is 16.7 Å². The summed E-state index contributed by atoms with van der Waals surface area (Å²) in [6, 6.07) is 11.9. The summed E-state index contributed by atoms with van der Waals surface area (Å²) >= 11 is 0. The summed E-state index contributed by atoms with van der Waals surface area (Å²) in [6.45, 7) is 7.85. The summed E-state index contributed by atoms with van der Waals surface area (Å²) in [5.41, 5.74) is 3.29. The molecule has 162 valence electrons. The maximum atomic E-state index is 13.6. The molecule has 1 saturated heterocycles. The zero-order chi connectivity index (χ0) is 22.0. The minimum Gasteiger partial charge on any atom is -0.450 e. The van der Waals surface area contributed by atoms with Crippen molar-refractivity contribution in [3.63, 3.8) is 0 Å². The first-order valence-electron chi connectivity index (χ1n) is 10.5. The van der Waals surface area contributed by atoms with Gasteiger partial charge in [-0.05, 0) is 45.0 Å². The lowest BCUT2D eigenvalue weighted by molar-refractivity contribution is 0.0570. The average Bonchev–Trinajstić information content (AvgIpc) is 3.42. The highest BCUT2D eigenvalue weighted by molar-refractivity contribution is 5.98. The van der Waals surface area contributed by atoms with Gasteiger partial charge in [0.25, 0.3) is 5.91 Å². The Kier molecular flexibility index (Phi) is 5.79. The summed E-state index contributed by atoms with van der Waals surface area (Å²) in [6.07, 6.45) is 3.50. The second-order valence-electron chi connectivity index (χ2n) is 7.60. The summed E-state index contributed by atoms with van der Waals surface area (Å²) in [5.74, 6) is 0.632. The number of aryl methyl sites for hydroxylation is 2. The van der Waals surface area contributed by atoms with E-state index in [0.717, 1.165) is 11.3 Å². The molecule has 0 atom stereocenters. The Bertz CT molecular complexity index is 1060. The third-order valence-corrected chi connectivity index (χ3v) is 5.47. The van der Waals surface area contributed by atoms with Gasteiger partial charge >= 0.3 is 6.09 Å². The summed E-state index contributed by atoms with van der Waals surface area (Å²) in [4.78, 5) is 29.0. The van der Waals surface area contributed by atoms with Crippen molar-refractivity contribution in [2.24, 2.45) is 0 Å². The Hall–Kier alpha value is -3.55. The molecule has 3 heterocycles. The molecule has 31 heavy (non-hydrogen) atoms. The number of piperazine rings is 1. The number of carbonyl (C=O) groups excluding carboxylic acids is 2. The predicted molar refractivity (Wildman–Crippen MR) is 117 cm³/mol. The van der Waals surface area contributed by atoms with Gasteiger partial charge in [-0.15, -0.1) is 0 Å². The lowest BCUT2D eigenvalue weighted by Gasteiger charge is -2.34. The molecule has 1 aromatic carbocycles. The molecule has 8 nitrogen and oxygen atoms in total. The van der Waals surface area contributed by atoms with Crippen molar-refractivity contribution in [2.45, 2.75) is 20.8 Å². The van der Waals surface area contributed by atoms with E-state index in [-0.39, 0.29) is 12.0 Å². The zero-order valence-electron chi connectivity index (χ0n) is 18.1. The van der Waals surface area contributed by atoms with Crippen molar-refractivity contribution in [1.82, 2.24) is 24.1 Å². The minimum absolute atomic E-state index is 0.0805. The zero-order valence-corrected chi connectivity index (χ0v) is 18.1. The van der Waals surface area contributed by atoms with Crippen LogP contribution < -0.4 is 0 Å². The molecule has 2 aromatic heterocycles. The highest BCUT2D eigenvalue weighted by Crippen LogP contribution is 2.25. The number of nitrogens with zero attached hydrogens (tertiary/aromatic N) is 5. The van der Waals surface area contributed by atoms with Crippen LogP contribution in [0.5, 0.6) is 0 Å². The number of hydrogen-bond acceptors (Lipinski definition) is 4. The average molecular weight is 422 g/mol. The van der Waals surface area contributed by atoms with Crippen LogP contribution in [0.2, 0.25) is 0 Å². The Morgan fingerprint density at radius 1 is 0.968 bits per heavy atom. The molecular weight excluding hydrogens is 394 g/mol. The van der Waals surface area contributed by atoms with Gasteiger partial charge in [-0.25, -0.2) is 9.48 Å². The molecule has 0 saturated carbocycles. The van der Waals surface area contributed by atoms with Gasteiger partial charge in [0.2, 0.25) is 0 Å². The number of amides is 2. The Morgan fingerprint density at radius 3 is 2.19 bits per heavy atom. The van der Waals surface area contributed by atoms with Crippen LogP contribution in [0.15, 0.2) is 48.8 Å². The molecule has 3 aromatic rings. The first kappa shape index (κ1) is 20.7. The van der Waals surface area contributed by atoms with Crippen molar-refractivity contribution >= 4 is 12.0 Å². The van der Waals surface area contributed by atoms with E-state index in [2.05, 4.69) is 0 Å². The highest BCUT2D eigenvalue weighted by atomic mass is 16.6. The van der Waals surface area contributed by atoms with Crippen LogP contribution in [0.3, 0.4) is 0 Å². The molecule has 1 aliphatic heterocycles. The van der Waals surface area contributed by atoms with Crippen molar-refractivity contribution in [1.29, 1.82) is 0 Å². The van der Waals surface area contributed by atoms with Gasteiger partial charge in [0, 0.05) is 38.6 Å². The van der Waals surface area contributed by atoms with E-state index in [1.807, 2.05) is 71.9 Å².